The second kappa shape index (κ2) is 10.1. The third-order valence-electron chi connectivity index (χ3n) is 4.08. The van der Waals surface area contributed by atoms with Gasteiger partial charge in [-0.3, -0.25) is 14.3 Å². The van der Waals surface area contributed by atoms with Gasteiger partial charge in [-0.05, 0) is 45.4 Å². The Balaban J connectivity index is 2.13. The average molecular weight is 403 g/mol. The molecule has 150 valence electrons. The summed E-state index contributed by atoms with van der Waals surface area (Å²) in [6, 6.07) is 6.90. The molecule has 2 amide bonds. The van der Waals surface area contributed by atoms with Crippen molar-refractivity contribution in [1.29, 1.82) is 0 Å². The predicted molar refractivity (Wildman–Crippen MR) is 114 cm³/mol. The number of amides is 2. The number of aryl methyl sites for hydroxylation is 2. The minimum absolute atomic E-state index is 0.00511. The van der Waals surface area contributed by atoms with Gasteiger partial charge in [0.25, 0.3) is 5.91 Å². The number of hydrogen-bond acceptors (Lipinski definition) is 3. The molecule has 0 saturated carbocycles. The number of nitrogens with one attached hydrogen (secondary N) is 2. The molecule has 0 aliphatic carbocycles. The Morgan fingerprint density at radius 3 is 2.68 bits per heavy atom. The largest absolute Gasteiger partial charge is 0.350 e. The van der Waals surface area contributed by atoms with E-state index in [0.29, 0.717) is 16.4 Å². The number of unbranched alkanes of at least 4 members (excludes halogenated alkanes) is 1. The fraction of sp³-hybridized carbons (Fsp3) is 0.381. The maximum Gasteiger partial charge on any atom is 0.253 e. The van der Waals surface area contributed by atoms with Crippen LogP contribution in [-0.2, 0) is 11.3 Å². The molecule has 0 unspecified atom stereocenters. The fourth-order valence-corrected chi connectivity index (χ4v) is 3.00. The zero-order valence-corrected chi connectivity index (χ0v) is 17.5. The Labute approximate surface area is 171 Å². The first-order valence-electron chi connectivity index (χ1n) is 9.45. The van der Waals surface area contributed by atoms with Crippen molar-refractivity contribution in [3.05, 3.63) is 52.3 Å². The van der Waals surface area contributed by atoms with E-state index in [1.54, 1.807) is 35.0 Å². The molecule has 0 atom stereocenters. The molecule has 0 radical (unpaired) electrons. The number of hydrogen-bond donors (Lipinski definition) is 2. The van der Waals surface area contributed by atoms with Gasteiger partial charge in [0.15, 0.2) is 0 Å². The highest BCUT2D eigenvalue weighted by Crippen LogP contribution is 2.22. The van der Waals surface area contributed by atoms with E-state index in [1.165, 1.54) is 6.08 Å². The molecule has 0 bridgehead atoms. The number of nitrogens with zero attached hydrogens (tertiary/aromatic N) is 2. The van der Waals surface area contributed by atoms with Crippen molar-refractivity contribution in [2.45, 2.75) is 53.1 Å². The molecule has 28 heavy (non-hydrogen) atoms. The molecule has 2 N–H and O–H groups in total. The van der Waals surface area contributed by atoms with Crippen LogP contribution in [0.5, 0.6) is 0 Å². The minimum atomic E-state index is -0.346. The van der Waals surface area contributed by atoms with E-state index in [0.717, 1.165) is 30.6 Å². The predicted octanol–water partition coefficient (Wildman–Crippen LogP) is 4.44. The monoisotopic (exact) mass is 402 g/mol. The quantitative estimate of drug-likeness (QED) is 0.641. The second-order valence-corrected chi connectivity index (χ2v) is 7.22. The van der Waals surface area contributed by atoms with Crippen LogP contribution in [-0.4, -0.2) is 27.6 Å². The number of rotatable bonds is 8. The molecular formula is C21H27ClN4O2. The second-order valence-electron chi connectivity index (χ2n) is 6.86. The van der Waals surface area contributed by atoms with E-state index >= 15 is 0 Å². The standard InChI is InChI=1S/C21H27ClN4O2/c1-5-6-13-26-20(22)16(15(4)25-26)11-12-19(27)24-18-10-8-7-9-17(18)21(28)23-14(2)3/h7-12,14H,5-6,13H2,1-4H3,(H,23,28)(H,24,27)/b12-11+. The van der Waals surface area contributed by atoms with Crippen LogP contribution in [0, 0.1) is 6.92 Å². The molecule has 6 nitrogen and oxygen atoms in total. The molecule has 1 heterocycles. The van der Waals surface area contributed by atoms with Gasteiger partial charge in [-0.15, -0.1) is 0 Å². The van der Waals surface area contributed by atoms with E-state index < -0.39 is 0 Å². The lowest BCUT2D eigenvalue weighted by Gasteiger charge is -2.12. The van der Waals surface area contributed by atoms with Gasteiger partial charge in [-0.2, -0.15) is 5.10 Å². The highest BCUT2D eigenvalue weighted by atomic mass is 35.5. The van der Waals surface area contributed by atoms with E-state index in [-0.39, 0.29) is 17.9 Å². The van der Waals surface area contributed by atoms with Crippen molar-refractivity contribution >= 4 is 35.2 Å². The molecular weight excluding hydrogens is 376 g/mol. The lowest BCUT2D eigenvalue weighted by molar-refractivity contribution is -0.111. The zero-order valence-electron chi connectivity index (χ0n) is 16.8. The summed E-state index contributed by atoms with van der Waals surface area (Å²) >= 11 is 6.39. The number of para-hydroxylation sites is 1. The van der Waals surface area contributed by atoms with E-state index in [2.05, 4.69) is 22.7 Å². The third kappa shape index (κ3) is 5.70. The summed E-state index contributed by atoms with van der Waals surface area (Å²) in [6.07, 6.45) is 5.09. The lowest BCUT2D eigenvalue weighted by Crippen LogP contribution is -2.30. The Kier molecular flexibility index (Phi) is 7.81. The molecule has 1 aromatic heterocycles. The van der Waals surface area contributed by atoms with Crippen molar-refractivity contribution in [3.8, 4) is 0 Å². The van der Waals surface area contributed by atoms with Crippen LogP contribution in [0.2, 0.25) is 5.15 Å². The first kappa shape index (κ1) is 21.7. The molecule has 0 aliphatic heterocycles. The van der Waals surface area contributed by atoms with Gasteiger partial charge in [-0.25, -0.2) is 0 Å². The van der Waals surface area contributed by atoms with Crippen molar-refractivity contribution < 1.29 is 9.59 Å². The number of aromatic nitrogens is 2. The van der Waals surface area contributed by atoms with E-state index in [1.807, 2.05) is 20.8 Å². The maximum atomic E-state index is 12.4. The summed E-state index contributed by atoms with van der Waals surface area (Å²) < 4.78 is 1.75. The zero-order chi connectivity index (χ0) is 20.7. The Morgan fingerprint density at radius 2 is 2.00 bits per heavy atom. The summed E-state index contributed by atoms with van der Waals surface area (Å²) in [5.74, 6) is -0.576. The van der Waals surface area contributed by atoms with Crippen LogP contribution in [0.3, 0.4) is 0 Å². The lowest BCUT2D eigenvalue weighted by atomic mass is 10.1. The first-order valence-corrected chi connectivity index (χ1v) is 9.83. The van der Waals surface area contributed by atoms with Crippen LogP contribution < -0.4 is 10.6 Å². The van der Waals surface area contributed by atoms with Crippen LogP contribution in [0.15, 0.2) is 30.3 Å². The van der Waals surface area contributed by atoms with Gasteiger partial charge in [0.1, 0.15) is 5.15 Å². The van der Waals surface area contributed by atoms with E-state index in [9.17, 15) is 9.59 Å². The van der Waals surface area contributed by atoms with Crippen molar-refractivity contribution in [2.75, 3.05) is 5.32 Å². The Morgan fingerprint density at radius 1 is 1.29 bits per heavy atom. The highest BCUT2D eigenvalue weighted by molar-refractivity contribution is 6.31. The average Bonchev–Trinajstić information content (AvgIpc) is 2.91. The summed E-state index contributed by atoms with van der Waals surface area (Å²) in [5.41, 5.74) is 2.36. The first-order chi connectivity index (χ1) is 13.3. The van der Waals surface area contributed by atoms with Gasteiger partial charge in [0, 0.05) is 24.2 Å². The van der Waals surface area contributed by atoms with Gasteiger partial charge >= 0.3 is 0 Å². The molecule has 7 heteroatoms. The Bertz CT molecular complexity index is 871. The van der Waals surface area contributed by atoms with Gasteiger partial charge in [-0.1, -0.05) is 37.1 Å². The number of carbonyl (C=O) groups is 2. The summed E-state index contributed by atoms with van der Waals surface area (Å²) in [4.78, 5) is 24.7. The van der Waals surface area contributed by atoms with Crippen LogP contribution in [0.4, 0.5) is 5.69 Å². The van der Waals surface area contributed by atoms with Crippen molar-refractivity contribution in [3.63, 3.8) is 0 Å². The molecule has 0 aliphatic rings. The fourth-order valence-electron chi connectivity index (χ4n) is 2.68. The molecule has 0 spiro atoms. The van der Waals surface area contributed by atoms with Gasteiger partial charge in [0.05, 0.1) is 16.9 Å². The smallest absolute Gasteiger partial charge is 0.253 e. The minimum Gasteiger partial charge on any atom is -0.350 e. The SMILES string of the molecule is CCCCn1nc(C)c(/C=C/C(=O)Nc2ccccc2C(=O)NC(C)C)c1Cl. The maximum absolute atomic E-state index is 12.4. The molecule has 0 fully saturated rings. The van der Waals surface area contributed by atoms with Crippen LogP contribution >= 0.6 is 11.6 Å². The normalized spacial score (nSPS) is 11.2. The Hall–Kier alpha value is -2.60. The summed E-state index contributed by atoms with van der Waals surface area (Å²) in [7, 11) is 0. The third-order valence-corrected chi connectivity index (χ3v) is 4.48. The van der Waals surface area contributed by atoms with Gasteiger partial charge in [0.2, 0.25) is 5.91 Å². The molecule has 1 aromatic carbocycles. The summed E-state index contributed by atoms with van der Waals surface area (Å²) in [5, 5.41) is 10.5. The number of halogens is 1. The molecule has 0 saturated heterocycles. The van der Waals surface area contributed by atoms with Crippen molar-refractivity contribution in [1.82, 2.24) is 15.1 Å². The molecule has 2 aromatic rings. The van der Waals surface area contributed by atoms with Crippen molar-refractivity contribution in [2.24, 2.45) is 0 Å². The topological polar surface area (TPSA) is 76.0 Å². The summed E-state index contributed by atoms with van der Waals surface area (Å²) in [6.45, 7) is 8.48. The molecule has 2 rings (SSSR count). The van der Waals surface area contributed by atoms with Crippen LogP contribution in [0.1, 0.15) is 55.2 Å². The number of benzene rings is 1. The van der Waals surface area contributed by atoms with Crippen LogP contribution in [0.25, 0.3) is 6.08 Å². The number of anilines is 1. The highest BCUT2D eigenvalue weighted by Gasteiger charge is 2.14. The van der Waals surface area contributed by atoms with E-state index in [4.69, 9.17) is 11.6 Å². The number of carbonyl (C=O) groups excluding carboxylic acids is 2. The van der Waals surface area contributed by atoms with Gasteiger partial charge < -0.3 is 10.6 Å².